The fourth-order valence-electron chi connectivity index (χ4n) is 0.805. The first-order chi connectivity index (χ1) is 5.20. The Morgan fingerprint density at radius 1 is 1.18 bits per heavy atom. The Hall–Kier alpha value is -0.690. The van der Waals surface area contributed by atoms with Crippen LogP contribution in [0.2, 0.25) is 0 Å². The molecule has 1 aromatic rings. The summed E-state index contributed by atoms with van der Waals surface area (Å²) in [7, 11) is 0. The van der Waals surface area contributed by atoms with Crippen LogP contribution in [0.25, 0.3) is 0 Å². The van der Waals surface area contributed by atoms with Crippen molar-refractivity contribution in [3.63, 3.8) is 0 Å². The molecule has 0 fully saturated rings. The molecule has 0 aliphatic heterocycles. The minimum atomic E-state index is 1.07. The maximum atomic E-state index is 4.25. The van der Waals surface area contributed by atoms with Crippen molar-refractivity contribution >= 4 is 12.6 Å². The predicted molar refractivity (Wildman–Crippen MR) is 54.4 cm³/mol. The molecule has 0 aliphatic carbocycles. The predicted octanol–water partition coefficient (Wildman–Crippen LogP) is 3.39. The highest BCUT2D eigenvalue weighted by atomic mass is 32.1. The van der Waals surface area contributed by atoms with E-state index >= 15 is 0 Å². The van der Waals surface area contributed by atoms with Crippen LogP contribution in [0.4, 0.5) is 0 Å². The number of hydrogen-bond donors (Lipinski definition) is 1. The molecule has 0 nitrogen and oxygen atoms in total. The molecule has 0 spiro atoms. The van der Waals surface area contributed by atoms with Gasteiger partial charge in [0.25, 0.3) is 0 Å². The average molecular weight is 166 g/mol. The van der Waals surface area contributed by atoms with Gasteiger partial charge < -0.3 is 0 Å². The second-order valence-corrected chi connectivity index (χ2v) is 2.77. The van der Waals surface area contributed by atoms with Gasteiger partial charge in [-0.3, -0.25) is 0 Å². The molecular weight excluding hydrogens is 152 g/mol. The summed E-state index contributed by atoms with van der Waals surface area (Å²) in [5, 5.41) is 0. The lowest BCUT2D eigenvalue weighted by molar-refractivity contribution is 1.27. The Balaban J connectivity index is 0.000000461. The van der Waals surface area contributed by atoms with E-state index in [-0.39, 0.29) is 0 Å². The zero-order valence-electron chi connectivity index (χ0n) is 7.09. The molecule has 0 heterocycles. The summed E-state index contributed by atoms with van der Waals surface area (Å²) >= 11 is 4.25. The van der Waals surface area contributed by atoms with Gasteiger partial charge in [-0.2, -0.15) is 0 Å². The Kier molecular flexibility index (Phi) is 4.71. The van der Waals surface area contributed by atoms with Gasteiger partial charge in [-0.25, -0.2) is 0 Å². The first-order valence-corrected chi connectivity index (χ1v) is 3.91. The van der Waals surface area contributed by atoms with Crippen LogP contribution < -0.4 is 0 Å². The Bertz CT molecular complexity index is 228. The van der Waals surface area contributed by atoms with E-state index < -0.39 is 0 Å². The third-order valence-corrected chi connectivity index (χ3v) is 1.85. The average Bonchev–Trinajstić information content (AvgIpc) is 2.02. The third kappa shape index (κ3) is 3.28. The molecule has 11 heavy (non-hydrogen) atoms. The van der Waals surface area contributed by atoms with Crippen molar-refractivity contribution in [3.05, 3.63) is 42.5 Å². The molecule has 0 saturated carbocycles. The fourth-order valence-corrected chi connectivity index (χ4v) is 0.944. The molecule has 0 N–H and O–H groups in total. The summed E-state index contributed by atoms with van der Waals surface area (Å²) < 4.78 is 0. The van der Waals surface area contributed by atoms with Gasteiger partial charge in [0.05, 0.1) is 0 Å². The molecule has 60 valence electrons. The van der Waals surface area contributed by atoms with E-state index in [0.29, 0.717) is 0 Å². The molecule has 0 saturated heterocycles. The highest BCUT2D eigenvalue weighted by molar-refractivity contribution is 7.80. The van der Waals surface area contributed by atoms with E-state index in [1.54, 1.807) is 0 Å². The summed E-state index contributed by atoms with van der Waals surface area (Å²) in [5.74, 6) is 0. The van der Waals surface area contributed by atoms with Gasteiger partial charge in [-0.15, -0.1) is 25.8 Å². The van der Waals surface area contributed by atoms with Gasteiger partial charge in [0.2, 0.25) is 0 Å². The smallest absolute Gasteiger partial charge is 0.00694 e. The van der Waals surface area contributed by atoms with Crippen molar-refractivity contribution in [2.24, 2.45) is 0 Å². The van der Waals surface area contributed by atoms with Crippen molar-refractivity contribution < 1.29 is 0 Å². The molecule has 0 radical (unpaired) electrons. The first-order valence-electron chi connectivity index (χ1n) is 3.46. The largest absolute Gasteiger partial charge is 0.143 e. The van der Waals surface area contributed by atoms with Crippen molar-refractivity contribution in [1.29, 1.82) is 0 Å². The van der Waals surface area contributed by atoms with Crippen molar-refractivity contribution in [1.82, 2.24) is 0 Å². The van der Waals surface area contributed by atoms with Crippen LogP contribution in [0.15, 0.2) is 36.3 Å². The zero-order valence-corrected chi connectivity index (χ0v) is 7.99. The number of rotatable bonds is 0. The first kappa shape index (κ1) is 10.3. The minimum absolute atomic E-state index is 1.07. The SMILES string of the molecule is C=C.Cc1ccc(S)c(C)c1. The van der Waals surface area contributed by atoms with Crippen LogP contribution in [0.5, 0.6) is 0 Å². The topological polar surface area (TPSA) is 0 Å². The fraction of sp³-hybridized carbons (Fsp3) is 0.200. The zero-order chi connectivity index (χ0) is 8.85. The van der Waals surface area contributed by atoms with Crippen molar-refractivity contribution in [2.75, 3.05) is 0 Å². The molecular formula is C10H14S. The van der Waals surface area contributed by atoms with Gasteiger partial charge in [0, 0.05) is 4.90 Å². The normalized spacial score (nSPS) is 8.27. The van der Waals surface area contributed by atoms with Gasteiger partial charge in [0.1, 0.15) is 0 Å². The van der Waals surface area contributed by atoms with Gasteiger partial charge >= 0.3 is 0 Å². The maximum absolute atomic E-state index is 4.25. The van der Waals surface area contributed by atoms with Crippen LogP contribution in [0.3, 0.4) is 0 Å². The van der Waals surface area contributed by atoms with Gasteiger partial charge in [-0.05, 0) is 25.5 Å². The molecule has 0 aromatic heterocycles. The van der Waals surface area contributed by atoms with E-state index in [2.05, 4.69) is 51.8 Å². The number of benzene rings is 1. The minimum Gasteiger partial charge on any atom is -0.143 e. The molecule has 0 bridgehead atoms. The van der Waals surface area contributed by atoms with E-state index in [1.807, 2.05) is 6.07 Å². The standard InChI is InChI=1S/C8H10S.C2H4/c1-6-3-4-8(9)7(2)5-6;1-2/h3-5,9H,1-2H3;1-2H2. The van der Waals surface area contributed by atoms with Crippen LogP contribution in [-0.4, -0.2) is 0 Å². The maximum Gasteiger partial charge on any atom is 0.00694 e. The highest BCUT2D eigenvalue weighted by Crippen LogP contribution is 2.13. The summed E-state index contributed by atoms with van der Waals surface area (Å²) in [6.07, 6.45) is 0. The summed E-state index contributed by atoms with van der Waals surface area (Å²) in [5.41, 5.74) is 2.55. The second kappa shape index (κ2) is 5.03. The third-order valence-electron chi connectivity index (χ3n) is 1.35. The van der Waals surface area contributed by atoms with E-state index in [9.17, 15) is 0 Å². The molecule has 1 aromatic carbocycles. The Morgan fingerprint density at radius 2 is 1.73 bits per heavy atom. The quantitative estimate of drug-likeness (QED) is 0.443. The Morgan fingerprint density at radius 3 is 2.09 bits per heavy atom. The van der Waals surface area contributed by atoms with Crippen LogP contribution in [0, 0.1) is 13.8 Å². The molecule has 0 aliphatic rings. The highest BCUT2D eigenvalue weighted by Gasteiger charge is 1.89. The number of thiol groups is 1. The lowest BCUT2D eigenvalue weighted by Crippen LogP contribution is -1.76. The lowest BCUT2D eigenvalue weighted by atomic mass is 10.2. The van der Waals surface area contributed by atoms with Crippen LogP contribution in [0.1, 0.15) is 11.1 Å². The molecule has 0 amide bonds. The van der Waals surface area contributed by atoms with Crippen LogP contribution >= 0.6 is 12.6 Å². The van der Waals surface area contributed by atoms with Gasteiger partial charge in [0.15, 0.2) is 0 Å². The van der Waals surface area contributed by atoms with Crippen molar-refractivity contribution in [3.8, 4) is 0 Å². The van der Waals surface area contributed by atoms with Gasteiger partial charge in [-0.1, -0.05) is 17.7 Å². The molecule has 1 rings (SSSR count). The Labute approximate surface area is 74.4 Å². The number of hydrogen-bond acceptors (Lipinski definition) is 1. The molecule has 0 unspecified atom stereocenters. The van der Waals surface area contributed by atoms with E-state index in [0.717, 1.165) is 4.90 Å². The summed E-state index contributed by atoms with van der Waals surface area (Å²) in [6, 6.07) is 6.21. The van der Waals surface area contributed by atoms with Crippen LogP contribution in [-0.2, 0) is 0 Å². The summed E-state index contributed by atoms with van der Waals surface area (Å²) in [4.78, 5) is 1.07. The summed E-state index contributed by atoms with van der Waals surface area (Å²) in [6.45, 7) is 10.1. The van der Waals surface area contributed by atoms with E-state index in [4.69, 9.17) is 0 Å². The van der Waals surface area contributed by atoms with E-state index in [1.165, 1.54) is 11.1 Å². The second-order valence-electron chi connectivity index (χ2n) is 2.29. The number of aryl methyl sites for hydroxylation is 2. The molecule has 1 heteroatoms. The lowest BCUT2D eigenvalue weighted by Gasteiger charge is -1.97. The molecule has 0 atom stereocenters. The van der Waals surface area contributed by atoms with Crippen molar-refractivity contribution in [2.45, 2.75) is 18.7 Å². The monoisotopic (exact) mass is 166 g/mol.